The number of primary amides is 1. The average molecular weight is 377 g/mol. The molecule has 0 aliphatic heterocycles. The third kappa shape index (κ3) is 3.11. The number of carbonyl (C=O) groups excluding carboxylic acids is 2. The Labute approximate surface area is 159 Å². The highest BCUT2D eigenvalue weighted by Gasteiger charge is 2.15. The molecular weight excluding hydrogens is 361 g/mol. The summed E-state index contributed by atoms with van der Waals surface area (Å²) in [5.74, 6) is -1.33. The van der Waals surface area contributed by atoms with Gasteiger partial charge in [-0.1, -0.05) is 0 Å². The number of aromatic nitrogens is 3. The molecule has 140 valence electrons. The number of anilines is 1. The Morgan fingerprint density at radius 2 is 1.86 bits per heavy atom. The highest BCUT2D eigenvalue weighted by Crippen LogP contribution is 2.23. The highest BCUT2D eigenvalue weighted by atomic mass is 19.1. The van der Waals surface area contributed by atoms with Gasteiger partial charge in [0.15, 0.2) is 0 Å². The molecule has 0 spiro atoms. The molecule has 2 heterocycles. The molecule has 8 heteroatoms. The second-order valence-corrected chi connectivity index (χ2v) is 6.33. The van der Waals surface area contributed by atoms with Gasteiger partial charge in [0, 0.05) is 36.0 Å². The van der Waals surface area contributed by atoms with E-state index in [1.54, 1.807) is 54.3 Å². The predicted molar refractivity (Wildman–Crippen MR) is 103 cm³/mol. The van der Waals surface area contributed by atoms with E-state index in [1.165, 1.54) is 22.9 Å². The van der Waals surface area contributed by atoms with Crippen LogP contribution in [-0.2, 0) is 7.05 Å². The zero-order chi connectivity index (χ0) is 19.8. The van der Waals surface area contributed by atoms with Gasteiger partial charge in [-0.25, -0.2) is 9.07 Å². The average Bonchev–Trinajstić information content (AvgIpc) is 3.28. The van der Waals surface area contributed by atoms with E-state index in [4.69, 9.17) is 5.73 Å². The molecule has 2 aromatic heterocycles. The van der Waals surface area contributed by atoms with Crippen LogP contribution in [0.5, 0.6) is 0 Å². The Balaban J connectivity index is 1.57. The zero-order valence-corrected chi connectivity index (χ0v) is 14.9. The van der Waals surface area contributed by atoms with E-state index in [0.717, 1.165) is 5.52 Å². The predicted octanol–water partition coefficient (Wildman–Crippen LogP) is 2.85. The van der Waals surface area contributed by atoms with Crippen molar-refractivity contribution in [2.75, 3.05) is 5.32 Å². The van der Waals surface area contributed by atoms with Gasteiger partial charge in [0.25, 0.3) is 11.8 Å². The molecule has 0 saturated heterocycles. The molecule has 2 amide bonds. The number of halogens is 1. The number of aryl methyl sites for hydroxylation is 1. The highest BCUT2D eigenvalue weighted by molar-refractivity contribution is 6.13. The molecule has 4 aromatic rings. The van der Waals surface area contributed by atoms with Gasteiger partial charge in [0.05, 0.1) is 11.3 Å². The lowest BCUT2D eigenvalue weighted by Crippen LogP contribution is -2.12. The van der Waals surface area contributed by atoms with E-state index in [0.29, 0.717) is 22.3 Å². The number of nitrogens with zero attached hydrogens (tertiary/aromatic N) is 3. The van der Waals surface area contributed by atoms with Crippen molar-refractivity contribution in [3.8, 4) is 5.69 Å². The third-order valence-electron chi connectivity index (χ3n) is 4.43. The van der Waals surface area contributed by atoms with Crippen LogP contribution in [0.1, 0.15) is 20.8 Å². The van der Waals surface area contributed by atoms with Gasteiger partial charge in [-0.15, -0.1) is 0 Å². The molecule has 0 bridgehead atoms. The fraction of sp³-hybridized carbons (Fsp3) is 0.0500. The van der Waals surface area contributed by atoms with Crippen molar-refractivity contribution in [2.24, 2.45) is 12.8 Å². The standard InChI is InChI=1S/C20H16FN5O2/c1-25-11-16(15-10-12(21)2-7-18(15)25)20(28)23-13-3-5-14(6-4-13)26-9-8-17(24-26)19(22)27/h2-11H,1H3,(H2,22,27)(H,23,28). The number of hydrogen-bond donors (Lipinski definition) is 2. The van der Waals surface area contributed by atoms with Crippen LogP contribution < -0.4 is 11.1 Å². The topological polar surface area (TPSA) is 94.9 Å². The monoisotopic (exact) mass is 377 g/mol. The van der Waals surface area contributed by atoms with Crippen molar-refractivity contribution < 1.29 is 14.0 Å². The number of benzene rings is 2. The summed E-state index contributed by atoms with van der Waals surface area (Å²) in [7, 11) is 1.80. The summed E-state index contributed by atoms with van der Waals surface area (Å²) in [4.78, 5) is 23.8. The number of rotatable bonds is 4. The van der Waals surface area contributed by atoms with Gasteiger partial charge in [-0.05, 0) is 48.5 Å². The van der Waals surface area contributed by atoms with Crippen LogP contribution in [-0.4, -0.2) is 26.2 Å². The molecular formula is C20H16FN5O2. The molecule has 3 N–H and O–H groups in total. The van der Waals surface area contributed by atoms with Crippen molar-refractivity contribution in [1.82, 2.24) is 14.3 Å². The largest absolute Gasteiger partial charge is 0.364 e. The van der Waals surface area contributed by atoms with E-state index in [9.17, 15) is 14.0 Å². The quantitative estimate of drug-likeness (QED) is 0.572. The van der Waals surface area contributed by atoms with E-state index in [1.807, 2.05) is 0 Å². The molecule has 0 fully saturated rings. The molecule has 28 heavy (non-hydrogen) atoms. The molecule has 0 radical (unpaired) electrons. The lowest BCUT2D eigenvalue weighted by Gasteiger charge is -2.06. The van der Waals surface area contributed by atoms with Crippen LogP contribution >= 0.6 is 0 Å². The minimum Gasteiger partial charge on any atom is -0.364 e. The van der Waals surface area contributed by atoms with Gasteiger partial charge >= 0.3 is 0 Å². The summed E-state index contributed by atoms with van der Waals surface area (Å²) in [5.41, 5.74) is 7.81. The van der Waals surface area contributed by atoms with Gasteiger partial charge in [0.1, 0.15) is 11.5 Å². The molecule has 2 aromatic carbocycles. The Bertz CT molecular complexity index is 1210. The van der Waals surface area contributed by atoms with Crippen molar-refractivity contribution >= 4 is 28.4 Å². The number of fused-ring (bicyclic) bond motifs is 1. The maximum absolute atomic E-state index is 13.6. The Morgan fingerprint density at radius 3 is 2.54 bits per heavy atom. The van der Waals surface area contributed by atoms with Crippen LogP contribution in [0.15, 0.2) is 60.9 Å². The molecule has 0 atom stereocenters. The summed E-state index contributed by atoms with van der Waals surface area (Å²) in [6, 6.07) is 12.8. The number of nitrogens with two attached hydrogens (primary N) is 1. The molecule has 4 rings (SSSR count). The van der Waals surface area contributed by atoms with E-state index in [-0.39, 0.29) is 11.6 Å². The minimum atomic E-state index is -0.603. The first-order chi connectivity index (χ1) is 13.4. The first-order valence-electron chi connectivity index (χ1n) is 8.44. The fourth-order valence-corrected chi connectivity index (χ4v) is 3.04. The van der Waals surface area contributed by atoms with E-state index in [2.05, 4.69) is 10.4 Å². The summed E-state index contributed by atoms with van der Waals surface area (Å²) in [6.45, 7) is 0. The molecule has 7 nitrogen and oxygen atoms in total. The molecule has 0 saturated carbocycles. The summed E-state index contributed by atoms with van der Waals surface area (Å²) >= 11 is 0. The number of nitrogens with one attached hydrogen (secondary N) is 1. The number of amides is 2. The first-order valence-corrected chi connectivity index (χ1v) is 8.44. The Kier molecular flexibility index (Phi) is 4.15. The van der Waals surface area contributed by atoms with Crippen LogP contribution in [0.3, 0.4) is 0 Å². The van der Waals surface area contributed by atoms with E-state index >= 15 is 0 Å². The molecule has 0 unspecified atom stereocenters. The maximum atomic E-state index is 13.6. The zero-order valence-electron chi connectivity index (χ0n) is 14.9. The minimum absolute atomic E-state index is 0.167. The van der Waals surface area contributed by atoms with E-state index < -0.39 is 11.7 Å². The number of carbonyl (C=O) groups is 2. The van der Waals surface area contributed by atoms with Crippen molar-refractivity contribution in [3.05, 3.63) is 78.0 Å². The lowest BCUT2D eigenvalue weighted by molar-refractivity contribution is 0.0993. The van der Waals surface area contributed by atoms with Crippen LogP contribution in [0.4, 0.5) is 10.1 Å². The SMILES string of the molecule is Cn1cc(C(=O)Nc2ccc(-n3ccc(C(N)=O)n3)cc2)c2cc(F)ccc21. The van der Waals surface area contributed by atoms with Crippen LogP contribution in [0, 0.1) is 5.82 Å². The first kappa shape index (κ1) is 17.5. The lowest BCUT2D eigenvalue weighted by atomic mass is 10.1. The smallest absolute Gasteiger partial charge is 0.269 e. The van der Waals surface area contributed by atoms with Gasteiger partial charge < -0.3 is 15.6 Å². The Hall–Kier alpha value is -3.94. The Morgan fingerprint density at radius 1 is 1.11 bits per heavy atom. The van der Waals surface area contributed by atoms with Gasteiger partial charge in [-0.3, -0.25) is 9.59 Å². The van der Waals surface area contributed by atoms with Crippen LogP contribution in [0.25, 0.3) is 16.6 Å². The summed E-state index contributed by atoms with van der Waals surface area (Å²) in [6.07, 6.45) is 3.29. The van der Waals surface area contributed by atoms with Crippen molar-refractivity contribution in [1.29, 1.82) is 0 Å². The van der Waals surface area contributed by atoms with Gasteiger partial charge in [-0.2, -0.15) is 5.10 Å². The molecule has 0 aliphatic rings. The normalized spacial score (nSPS) is 10.9. The third-order valence-corrected chi connectivity index (χ3v) is 4.43. The van der Waals surface area contributed by atoms with Crippen molar-refractivity contribution in [2.45, 2.75) is 0 Å². The van der Waals surface area contributed by atoms with Gasteiger partial charge in [0.2, 0.25) is 0 Å². The summed E-state index contributed by atoms with van der Waals surface area (Å²) < 4.78 is 16.9. The summed E-state index contributed by atoms with van der Waals surface area (Å²) in [5, 5.41) is 7.43. The van der Waals surface area contributed by atoms with Crippen LogP contribution in [0.2, 0.25) is 0 Å². The molecule has 0 aliphatic carbocycles. The van der Waals surface area contributed by atoms with Crippen molar-refractivity contribution in [3.63, 3.8) is 0 Å². The fourth-order valence-electron chi connectivity index (χ4n) is 3.04. The second kappa shape index (κ2) is 6.66. The second-order valence-electron chi connectivity index (χ2n) is 6.33. The number of hydrogen-bond acceptors (Lipinski definition) is 3. The maximum Gasteiger partial charge on any atom is 0.269 e.